The molecule has 0 spiro atoms. The number of pyridine rings is 1. The number of thiazole rings is 1. The molecule has 0 aliphatic carbocycles. The molecule has 1 saturated heterocycles. The summed E-state index contributed by atoms with van der Waals surface area (Å²) in [6.07, 6.45) is 0.936. The van der Waals surface area contributed by atoms with Crippen molar-refractivity contribution < 1.29 is 17.9 Å². The van der Waals surface area contributed by atoms with Crippen LogP contribution in [0.5, 0.6) is 5.75 Å². The zero-order valence-electron chi connectivity index (χ0n) is 13.1. The maximum Gasteiger partial charge on any atom is 0.281 e. The highest BCUT2D eigenvalue weighted by Crippen LogP contribution is 2.34. The van der Waals surface area contributed by atoms with Crippen LogP contribution in [0.3, 0.4) is 0 Å². The van der Waals surface area contributed by atoms with E-state index in [1.165, 1.54) is 17.8 Å². The van der Waals surface area contributed by atoms with E-state index in [4.69, 9.17) is 4.74 Å². The molecular formula is C16H15F3N4OS. The molecule has 2 aromatic heterocycles. The zero-order chi connectivity index (χ0) is 17.8. The van der Waals surface area contributed by atoms with E-state index in [0.717, 1.165) is 17.5 Å². The Kier molecular flexibility index (Phi) is 5.50. The van der Waals surface area contributed by atoms with E-state index in [9.17, 15) is 18.4 Å². The molecule has 5 nitrogen and oxygen atoms in total. The summed E-state index contributed by atoms with van der Waals surface area (Å²) in [4.78, 5) is 9.57. The number of ether oxygens (including phenoxy) is 1. The fraction of sp³-hybridized carbons (Fsp3) is 0.438. The summed E-state index contributed by atoms with van der Waals surface area (Å²) < 4.78 is 44.9. The summed E-state index contributed by atoms with van der Waals surface area (Å²) in [5, 5.41) is 9.45. The van der Waals surface area contributed by atoms with E-state index < -0.39 is 18.3 Å². The minimum absolute atomic E-state index is 0.129. The first-order valence-electron chi connectivity index (χ1n) is 7.70. The normalized spacial score (nSPS) is 17.4. The Morgan fingerprint density at radius 1 is 1.32 bits per heavy atom. The Hall–Kier alpha value is -2.18. The van der Waals surface area contributed by atoms with E-state index in [0.29, 0.717) is 36.6 Å². The number of likely N-dealkylation sites (tertiary alicyclic amines) is 1. The predicted molar refractivity (Wildman–Crippen MR) is 84.8 cm³/mol. The van der Waals surface area contributed by atoms with Crippen molar-refractivity contribution in [3.05, 3.63) is 40.4 Å². The standard InChI is InChI=1S/C16H15F3N4OS/c17-10-5-12(8-21-7-10)24-11-1-3-23(4-2-11)13(6-20)15-14(16(18)19)22-9-25-15/h5,7-9,11,13,16H,1-4H2. The second-order valence-electron chi connectivity index (χ2n) is 5.63. The Bertz CT molecular complexity index is 756. The molecule has 0 bridgehead atoms. The number of nitriles is 1. The molecule has 1 aliphatic heterocycles. The minimum Gasteiger partial charge on any atom is -0.489 e. The van der Waals surface area contributed by atoms with Crippen LogP contribution in [-0.4, -0.2) is 34.1 Å². The number of nitrogens with zero attached hydrogens (tertiary/aromatic N) is 4. The second-order valence-corrected chi connectivity index (χ2v) is 6.51. The molecule has 9 heteroatoms. The smallest absolute Gasteiger partial charge is 0.281 e. The first-order chi connectivity index (χ1) is 12.1. The summed E-state index contributed by atoms with van der Waals surface area (Å²) in [5.41, 5.74) is 1.02. The van der Waals surface area contributed by atoms with Crippen LogP contribution >= 0.6 is 11.3 Å². The van der Waals surface area contributed by atoms with E-state index in [2.05, 4.69) is 16.0 Å². The SMILES string of the molecule is N#CC(c1scnc1C(F)F)N1CCC(Oc2cncc(F)c2)CC1. The highest BCUT2D eigenvalue weighted by Gasteiger charge is 2.31. The van der Waals surface area contributed by atoms with Crippen molar-refractivity contribution in [1.82, 2.24) is 14.9 Å². The number of alkyl halides is 2. The van der Waals surface area contributed by atoms with Gasteiger partial charge < -0.3 is 4.74 Å². The van der Waals surface area contributed by atoms with Gasteiger partial charge >= 0.3 is 0 Å². The molecule has 1 fully saturated rings. The van der Waals surface area contributed by atoms with Gasteiger partial charge in [-0.15, -0.1) is 11.3 Å². The molecule has 0 radical (unpaired) electrons. The van der Waals surface area contributed by atoms with E-state index in [1.807, 2.05) is 4.90 Å². The number of piperidine rings is 1. The second kappa shape index (κ2) is 7.80. The summed E-state index contributed by atoms with van der Waals surface area (Å²) in [6, 6.07) is 2.63. The average Bonchev–Trinajstić information content (AvgIpc) is 3.07. The minimum atomic E-state index is -2.70. The van der Waals surface area contributed by atoms with Gasteiger partial charge in [0.15, 0.2) is 0 Å². The lowest BCUT2D eigenvalue weighted by Gasteiger charge is -2.34. The van der Waals surface area contributed by atoms with Crippen molar-refractivity contribution in [2.24, 2.45) is 0 Å². The van der Waals surface area contributed by atoms with Crippen LogP contribution < -0.4 is 4.74 Å². The third-order valence-corrected chi connectivity index (χ3v) is 4.92. The Labute approximate surface area is 146 Å². The Morgan fingerprint density at radius 3 is 2.72 bits per heavy atom. The third-order valence-electron chi connectivity index (χ3n) is 4.03. The number of hydrogen-bond donors (Lipinski definition) is 0. The largest absolute Gasteiger partial charge is 0.489 e. The number of hydrogen-bond acceptors (Lipinski definition) is 6. The van der Waals surface area contributed by atoms with Crippen LogP contribution in [0.1, 0.15) is 35.9 Å². The lowest BCUT2D eigenvalue weighted by Crippen LogP contribution is -2.40. The lowest BCUT2D eigenvalue weighted by atomic mass is 10.0. The van der Waals surface area contributed by atoms with Gasteiger partial charge in [-0.3, -0.25) is 9.88 Å². The molecule has 2 aromatic rings. The van der Waals surface area contributed by atoms with Gasteiger partial charge in [-0.2, -0.15) is 5.26 Å². The molecule has 1 unspecified atom stereocenters. The summed E-state index contributed by atoms with van der Waals surface area (Å²) in [6.45, 7) is 1.04. The van der Waals surface area contributed by atoms with Crippen molar-refractivity contribution in [2.45, 2.75) is 31.4 Å². The molecule has 3 rings (SSSR count). The molecular weight excluding hydrogens is 353 g/mol. The van der Waals surface area contributed by atoms with Gasteiger partial charge in [-0.1, -0.05) is 0 Å². The summed E-state index contributed by atoms with van der Waals surface area (Å²) in [7, 11) is 0. The molecule has 3 heterocycles. The number of aromatic nitrogens is 2. The van der Waals surface area contributed by atoms with Gasteiger partial charge in [-0.05, 0) is 12.8 Å². The van der Waals surface area contributed by atoms with Crippen LogP contribution in [0.25, 0.3) is 0 Å². The Morgan fingerprint density at radius 2 is 2.08 bits per heavy atom. The quantitative estimate of drug-likeness (QED) is 0.805. The lowest BCUT2D eigenvalue weighted by molar-refractivity contribution is 0.0861. The molecule has 25 heavy (non-hydrogen) atoms. The van der Waals surface area contributed by atoms with E-state index >= 15 is 0 Å². The first kappa shape index (κ1) is 17.6. The summed E-state index contributed by atoms with van der Waals surface area (Å²) in [5.74, 6) is -0.109. The van der Waals surface area contributed by atoms with Gasteiger partial charge in [0.05, 0.1) is 28.9 Å². The third kappa shape index (κ3) is 4.08. The maximum absolute atomic E-state index is 13.1. The average molecular weight is 368 g/mol. The van der Waals surface area contributed by atoms with Gasteiger partial charge in [0, 0.05) is 19.2 Å². The van der Waals surface area contributed by atoms with Crippen molar-refractivity contribution in [3.63, 3.8) is 0 Å². The van der Waals surface area contributed by atoms with Gasteiger partial charge in [0.1, 0.15) is 29.4 Å². The fourth-order valence-electron chi connectivity index (χ4n) is 2.84. The van der Waals surface area contributed by atoms with Crippen LogP contribution in [-0.2, 0) is 0 Å². The topological polar surface area (TPSA) is 62.0 Å². The molecule has 1 aliphatic rings. The summed E-state index contributed by atoms with van der Waals surface area (Å²) >= 11 is 1.07. The monoisotopic (exact) mass is 368 g/mol. The molecule has 132 valence electrons. The molecule has 0 saturated carbocycles. The highest BCUT2D eigenvalue weighted by molar-refractivity contribution is 7.09. The molecule has 1 atom stereocenters. The van der Waals surface area contributed by atoms with Crippen LogP contribution in [0.4, 0.5) is 13.2 Å². The van der Waals surface area contributed by atoms with Gasteiger partial charge in [-0.25, -0.2) is 18.2 Å². The van der Waals surface area contributed by atoms with Crippen LogP contribution in [0, 0.1) is 17.1 Å². The van der Waals surface area contributed by atoms with Crippen molar-refractivity contribution >= 4 is 11.3 Å². The number of halogens is 3. The van der Waals surface area contributed by atoms with E-state index in [1.54, 1.807) is 0 Å². The zero-order valence-corrected chi connectivity index (χ0v) is 13.9. The van der Waals surface area contributed by atoms with Crippen molar-refractivity contribution in [1.29, 1.82) is 5.26 Å². The van der Waals surface area contributed by atoms with Crippen molar-refractivity contribution in [3.8, 4) is 11.8 Å². The van der Waals surface area contributed by atoms with Crippen molar-refractivity contribution in [2.75, 3.05) is 13.1 Å². The first-order valence-corrected chi connectivity index (χ1v) is 8.58. The number of rotatable bonds is 5. The van der Waals surface area contributed by atoms with E-state index in [-0.39, 0.29) is 11.8 Å². The molecule has 0 amide bonds. The highest BCUT2D eigenvalue weighted by atomic mass is 32.1. The molecule has 0 aromatic carbocycles. The Balaban J connectivity index is 1.63. The van der Waals surface area contributed by atoms with Gasteiger partial charge in [0.25, 0.3) is 6.43 Å². The van der Waals surface area contributed by atoms with Crippen LogP contribution in [0.2, 0.25) is 0 Å². The molecule has 0 N–H and O–H groups in total. The van der Waals surface area contributed by atoms with Crippen LogP contribution in [0.15, 0.2) is 24.0 Å². The fourth-order valence-corrected chi connectivity index (χ4v) is 3.71. The maximum atomic E-state index is 13.1. The van der Waals surface area contributed by atoms with Gasteiger partial charge in [0.2, 0.25) is 0 Å². The predicted octanol–water partition coefficient (Wildman–Crippen LogP) is 3.72.